The maximum absolute atomic E-state index is 5.93. The number of rotatable bonds is 8. The van der Waals surface area contributed by atoms with Crippen LogP contribution in [0.4, 0.5) is 0 Å². The maximum atomic E-state index is 5.93. The predicted molar refractivity (Wildman–Crippen MR) is 77.1 cm³/mol. The summed E-state index contributed by atoms with van der Waals surface area (Å²) in [4.78, 5) is 2.17. The minimum absolute atomic E-state index is 0.261. The van der Waals surface area contributed by atoms with E-state index in [1.54, 1.807) is 0 Å². The van der Waals surface area contributed by atoms with Gasteiger partial charge in [0.05, 0.1) is 6.61 Å². The Morgan fingerprint density at radius 3 is 2.44 bits per heavy atom. The van der Waals surface area contributed by atoms with Crippen LogP contribution in [-0.2, 0) is 6.42 Å². The zero-order valence-electron chi connectivity index (χ0n) is 11.9. The van der Waals surface area contributed by atoms with Crippen LogP contribution in [0.2, 0.25) is 0 Å². The molecule has 102 valence electrons. The summed E-state index contributed by atoms with van der Waals surface area (Å²) >= 11 is 0. The Morgan fingerprint density at radius 1 is 1.22 bits per heavy atom. The first-order chi connectivity index (χ1) is 8.61. The molecule has 0 amide bonds. The maximum Gasteiger partial charge on any atom is 0.119 e. The lowest BCUT2D eigenvalue weighted by Gasteiger charge is -2.11. The van der Waals surface area contributed by atoms with E-state index in [1.807, 2.05) is 12.1 Å². The van der Waals surface area contributed by atoms with Crippen LogP contribution in [0.15, 0.2) is 24.3 Å². The van der Waals surface area contributed by atoms with Crippen molar-refractivity contribution in [1.82, 2.24) is 4.90 Å². The lowest BCUT2D eigenvalue weighted by Crippen LogP contribution is -2.21. The Bertz CT molecular complexity index is 322. The quantitative estimate of drug-likeness (QED) is 0.719. The molecule has 0 fully saturated rings. The van der Waals surface area contributed by atoms with Gasteiger partial charge in [-0.05, 0) is 51.1 Å². The Balaban J connectivity index is 2.31. The summed E-state index contributed by atoms with van der Waals surface area (Å²) in [5.74, 6) is 0.947. The summed E-state index contributed by atoms with van der Waals surface area (Å²) < 4.78 is 5.68. The van der Waals surface area contributed by atoms with E-state index in [0.717, 1.165) is 38.2 Å². The summed E-state index contributed by atoms with van der Waals surface area (Å²) in [6, 6.07) is 8.55. The van der Waals surface area contributed by atoms with Crippen molar-refractivity contribution in [3.63, 3.8) is 0 Å². The highest BCUT2D eigenvalue weighted by Gasteiger charge is 2.01. The molecule has 0 heterocycles. The smallest absolute Gasteiger partial charge is 0.119 e. The molecule has 1 unspecified atom stereocenters. The molecular weight excluding hydrogens is 224 g/mol. The van der Waals surface area contributed by atoms with Gasteiger partial charge in [-0.1, -0.05) is 19.1 Å². The van der Waals surface area contributed by atoms with Crippen molar-refractivity contribution in [2.45, 2.75) is 32.2 Å². The molecular formula is C15H26N2O. The van der Waals surface area contributed by atoms with Gasteiger partial charge in [-0.3, -0.25) is 0 Å². The third-order valence-electron chi connectivity index (χ3n) is 2.96. The van der Waals surface area contributed by atoms with Gasteiger partial charge in [0, 0.05) is 12.6 Å². The SMILES string of the molecule is CCC(N)Cc1ccc(OCCCN(C)C)cc1. The number of nitrogens with zero attached hydrogens (tertiary/aromatic N) is 1. The van der Waals surface area contributed by atoms with E-state index in [-0.39, 0.29) is 6.04 Å². The van der Waals surface area contributed by atoms with Gasteiger partial charge in [-0.15, -0.1) is 0 Å². The first-order valence-electron chi connectivity index (χ1n) is 6.74. The lowest BCUT2D eigenvalue weighted by atomic mass is 10.0. The molecule has 0 saturated heterocycles. The Morgan fingerprint density at radius 2 is 1.89 bits per heavy atom. The Labute approximate surface area is 111 Å². The summed E-state index contributed by atoms with van der Waals surface area (Å²) in [6.07, 6.45) is 3.01. The van der Waals surface area contributed by atoms with Gasteiger partial charge < -0.3 is 15.4 Å². The van der Waals surface area contributed by atoms with Crippen LogP contribution in [0.5, 0.6) is 5.75 Å². The topological polar surface area (TPSA) is 38.5 Å². The molecule has 1 rings (SSSR count). The zero-order valence-corrected chi connectivity index (χ0v) is 11.9. The van der Waals surface area contributed by atoms with E-state index in [0.29, 0.717) is 0 Å². The van der Waals surface area contributed by atoms with Crippen molar-refractivity contribution < 1.29 is 4.74 Å². The summed E-state index contributed by atoms with van der Waals surface area (Å²) in [7, 11) is 4.15. The van der Waals surface area contributed by atoms with E-state index >= 15 is 0 Å². The van der Waals surface area contributed by atoms with Crippen molar-refractivity contribution in [2.75, 3.05) is 27.2 Å². The highest BCUT2D eigenvalue weighted by molar-refractivity contribution is 5.27. The largest absolute Gasteiger partial charge is 0.494 e. The lowest BCUT2D eigenvalue weighted by molar-refractivity contribution is 0.281. The molecule has 0 saturated carbocycles. The molecule has 18 heavy (non-hydrogen) atoms. The molecule has 0 bridgehead atoms. The molecule has 3 heteroatoms. The van der Waals surface area contributed by atoms with E-state index in [1.165, 1.54) is 5.56 Å². The third kappa shape index (κ3) is 6.03. The fraction of sp³-hybridized carbons (Fsp3) is 0.600. The third-order valence-corrected chi connectivity index (χ3v) is 2.96. The number of hydrogen-bond acceptors (Lipinski definition) is 3. The highest BCUT2D eigenvalue weighted by Crippen LogP contribution is 2.13. The van der Waals surface area contributed by atoms with E-state index < -0.39 is 0 Å². The normalized spacial score (nSPS) is 12.7. The molecule has 0 spiro atoms. The van der Waals surface area contributed by atoms with Crippen LogP contribution in [-0.4, -0.2) is 38.2 Å². The van der Waals surface area contributed by atoms with Gasteiger partial charge in [0.25, 0.3) is 0 Å². The standard InChI is InChI=1S/C15H26N2O/c1-4-14(16)12-13-6-8-15(9-7-13)18-11-5-10-17(2)3/h6-9,14H,4-5,10-12,16H2,1-3H3. The summed E-state index contributed by atoms with van der Waals surface area (Å²) in [6.45, 7) is 3.95. The molecule has 1 aromatic carbocycles. The van der Waals surface area contributed by atoms with E-state index in [4.69, 9.17) is 10.5 Å². The summed E-state index contributed by atoms with van der Waals surface area (Å²) in [5, 5.41) is 0. The summed E-state index contributed by atoms with van der Waals surface area (Å²) in [5.41, 5.74) is 7.22. The monoisotopic (exact) mass is 250 g/mol. The molecule has 2 N–H and O–H groups in total. The molecule has 0 aliphatic heterocycles. The molecule has 1 atom stereocenters. The van der Waals surface area contributed by atoms with Gasteiger partial charge >= 0.3 is 0 Å². The predicted octanol–water partition coefficient (Wildman–Crippen LogP) is 2.30. The average molecular weight is 250 g/mol. The van der Waals surface area contributed by atoms with Gasteiger partial charge in [0.2, 0.25) is 0 Å². The molecule has 0 aliphatic rings. The van der Waals surface area contributed by atoms with E-state index in [9.17, 15) is 0 Å². The second kappa shape index (κ2) is 8.11. The fourth-order valence-electron chi connectivity index (χ4n) is 1.74. The first-order valence-corrected chi connectivity index (χ1v) is 6.74. The van der Waals surface area contributed by atoms with Gasteiger partial charge in [0.15, 0.2) is 0 Å². The molecule has 0 aromatic heterocycles. The van der Waals surface area contributed by atoms with Gasteiger partial charge in [-0.25, -0.2) is 0 Å². The van der Waals surface area contributed by atoms with Crippen LogP contribution in [0.25, 0.3) is 0 Å². The number of ether oxygens (including phenoxy) is 1. The van der Waals surface area contributed by atoms with Crippen LogP contribution >= 0.6 is 0 Å². The van der Waals surface area contributed by atoms with Crippen molar-refractivity contribution >= 4 is 0 Å². The van der Waals surface area contributed by atoms with Crippen molar-refractivity contribution in [3.8, 4) is 5.75 Å². The number of hydrogen-bond donors (Lipinski definition) is 1. The van der Waals surface area contributed by atoms with Gasteiger partial charge in [-0.2, -0.15) is 0 Å². The minimum atomic E-state index is 0.261. The Hall–Kier alpha value is -1.06. The molecule has 0 radical (unpaired) electrons. The molecule has 1 aromatic rings. The number of nitrogens with two attached hydrogens (primary N) is 1. The second-order valence-corrected chi connectivity index (χ2v) is 5.02. The molecule has 0 aliphatic carbocycles. The van der Waals surface area contributed by atoms with Gasteiger partial charge in [0.1, 0.15) is 5.75 Å². The van der Waals surface area contributed by atoms with Crippen LogP contribution in [0.3, 0.4) is 0 Å². The van der Waals surface area contributed by atoms with Crippen molar-refractivity contribution in [2.24, 2.45) is 5.73 Å². The van der Waals surface area contributed by atoms with Crippen molar-refractivity contribution in [1.29, 1.82) is 0 Å². The average Bonchev–Trinajstić information content (AvgIpc) is 2.36. The second-order valence-electron chi connectivity index (χ2n) is 5.02. The highest BCUT2D eigenvalue weighted by atomic mass is 16.5. The number of benzene rings is 1. The van der Waals surface area contributed by atoms with Crippen LogP contribution < -0.4 is 10.5 Å². The van der Waals surface area contributed by atoms with E-state index in [2.05, 4.69) is 38.1 Å². The zero-order chi connectivity index (χ0) is 13.4. The van der Waals surface area contributed by atoms with Crippen molar-refractivity contribution in [3.05, 3.63) is 29.8 Å². The fourth-order valence-corrected chi connectivity index (χ4v) is 1.74. The minimum Gasteiger partial charge on any atom is -0.494 e. The molecule has 3 nitrogen and oxygen atoms in total. The Kier molecular flexibility index (Phi) is 6.76. The first kappa shape index (κ1) is 15.0. The van der Waals surface area contributed by atoms with Crippen LogP contribution in [0.1, 0.15) is 25.3 Å². The van der Waals surface area contributed by atoms with Crippen LogP contribution in [0, 0.1) is 0 Å².